The summed E-state index contributed by atoms with van der Waals surface area (Å²) >= 11 is 0. The first-order valence-corrected chi connectivity index (χ1v) is 16.0. The summed E-state index contributed by atoms with van der Waals surface area (Å²) < 4.78 is 40.4. The number of aliphatic hydroxyl groups is 1. The Hall–Kier alpha value is -1.59. The molecule has 40 heavy (non-hydrogen) atoms. The number of sulfone groups is 1. The Labute approximate surface area is 248 Å². The number of nitrogens with one attached hydrogen (secondary N) is 1. The molecule has 0 aliphatic rings. The lowest BCUT2D eigenvalue weighted by Gasteiger charge is -2.28. The number of nitrogens with two attached hydrogens (primary N) is 1. The van der Waals surface area contributed by atoms with Gasteiger partial charge in [0.1, 0.15) is 0 Å². The highest BCUT2D eigenvalue weighted by Gasteiger charge is 2.26. The van der Waals surface area contributed by atoms with Gasteiger partial charge < -0.3 is 30.4 Å². The summed E-state index contributed by atoms with van der Waals surface area (Å²) in [5.74, 6) is 1.21. The van der Waals surface area contributed by atoms with Crippen LogP contribution in [0.5, 0.6) is 11.5 Å². The predicted octanol–water partition coefficient (Wildman–Crippen LogP) is 3.78. The lowest BCUT2D eigenvalue weighted by molar-refractivity contribution is -0.125. The van der Waals surface area contributed by atoms with Crippen LogP contribution in [0, 0.1) is 17.8 Å². The van der Waals surface area contributed by atoms with E-state index in [-0.39, 0.29) is 48.7 Å². The fourth-order valence-electron chi connectivity index (χ4n) is 4.36. The molecule has 1 rings (SSSR count). The molecule has 1 aromatic carbocycles. The average Bonchev–Trinajstić information content (AvgIpc) is 2.89. The second-order valence-corrected chi connectivity index (χ2v) is 13.1. The van der Waals surface area contributed by atoms with Crippen LogP contribution in [0.3, 0.4) is 0 Å². The Morgan fingerprint density at radius 3 is 2.35 bits per heavy atom. The largest absolute Gasteiger partial charge is 0.493 e. The van der Waals surface area contributed by atoms with Gasteiger partial charge in [-0.1, -0.05) is 40.2 Å². The monoisotopic (exact) mass is 608 g/mol. The standard InChI is InChI=1S/C29H52N2O7S.ClH/c1-7-8-15-39(34,35)16-12-31-29(33)22(4)17-26(32)25(30)20-24(21(2)3)18-23-10-11-27(37-6)28(19-23)38-14-9-13-36-5;/h10-11,19,21-22,24-26,32H,7-9,12-18,20,30H2,1-6H3,(H,31,33);1H/t22-,24+,25+,26+;/m1./s1. The van der Waals surface area contributed by atoms with Crippen molar-refractivity contribution in [1.82, 2.24) is 5.32 Å². The van der Waals surface area contributed by atoms with E-state index in [9.17, 15) is 18.3 Å². The molecule has 0 aromatic heterocycles. The highest BCUT2D eigenvalue weighted by atomic mass is 35.5. The summed E-state index contributed by atoms with van der Waals surface area (Å²) in [6, 6.07) is 5.43. The van der Waals surface area contributed by atoms with E-state index < -0.39 is 27.9 Å². The number of ether oxygens (including phenoxy) is 3. The Balaban J connectivity index is 0.0000152. The topological polar surface area (TPSA) is 137 Å². The zero-order valence-corrected chi connectivity index (χ0v) is 26.8. The average molecular weight is 609 g/mol. The number of methoxy groups -OCH3 is 2. The minimum absolute atomic E-state index is 0. The van der Waals surface area contributed by atoms with Gasteiger partial charge >= 0.3 is 0 Å². The molecular formula is C29H53ClN2O7S. The van der Waals surface area contributed by atoms with Gasteiger partial charge in [-0.05, 0) is 55.2 Å². The number of carbonyl (C=O) groups is 1. The number of halogens is 1. The molecule has 9 nitrogen and oxygen atoms in total. The highest BCUT2D eigenvalue weighted by molar-refractivity contribution is 7.91. The molecule has 0 aliphatic carbocycles. The van der Waals surface area contributed by atoms with E-state index in [1.165, 1.54) is 0 Å². The third kappa shape index (κ3) is 14.9. The van der Waals surface area contributed by atoms with E-state index in [1.54, 1.807) is 21.1 Å². The van der Waals surface area contributed by atoms with Crippen molar-refractivity contribution in [2.45, 2.75) is 78.4 Å². The van der Waals surface area contributed by atoms with Crippen molar-refractivity contribution in [2.75, 3.05) is 45.5 Å². The van der Waals surface area contributed by atoms with Crippen LogP contribution in [-0.4, -0.2) is 77.1 Å². The van der Waals surface area contributed by atoms with Crippen LogP contribution >= 0.6 is 12.4 Å². The van der Waals surface area contributed by atoms with Crippen LogP contribution in [0.2, 0.25) is 0 Å². The van der Waals surface area contributed by atoms with E-state index in [2.05, 4.69) is 19.2 Å². The fourth-order valence-corrected chi connectivity index (χ4v) is 5.71. The minimum Gasteiger partial charge on any atom is -0.493 e. The summed E-state index contributed by atoms with van der Waals surface area (Å²) in [5.41, 5.74) is 7.51. The van der Waals surface area contributed by atoms with Crippen molar-refractivity contribution in [1.29, 1.82) is 0 Å². The van der Waals surface area contributed by atoms with E-state index in [1.807, 2.05) is 25.1 Å². The first kappa shape index (κ1) is 38.4. The number of rotatable bonds is 21. The molecule has 11 heteroatoms. The van der Waals surface area contributed by atoms with Gasteiger partial charge in [0.2, 0.25) is 5.91 Å². The van der Waals surface area contributed by atoms with Gasteiger partial charge in [0.05, 0.1) is 31.3 Å². The van der Waals surface area contributed by atoms with Gasteiger partial charge in [0.15, 0.2) is 21.3 Å². The Bertz CT molecular complexity index is 946. The second kappa shape index (κ2) is 20.3. The van der Waals surface area contributed by atoms with Crippen molar-refractivity contribution in [3.8, 4) is 11.5 Å². The number of carbonyl (C=O) groups excluding carboxylic acids is 1. The molecule has 0 saturated heterocycles. The Morgan fingerprint density at radius 2 is 1.75 bits per heavy atom. The van der Waals surface area contributed by atoms with Crippen LogP contribution in [-0.2, 0) is 25.8 Å². The molecule has 4 atom stereocenters. The van der Waals surface area contributed by atoms with Crippen LogP contribution < -0.4 is 20.5 Å². The van der Waals surface area contributed by atoms with Crippen LogP contribution in [0.1, 0.15) is 65.4 Å². The number of aliphatic hydroxyl groups excluding tert-OH is 1. The third-order valence-electron chi connectivity index (χ3n) is 7.05. The molecule has 0 aliphatic heterocycles. The third-order valence-corrected chi connectivity index (χ3v) is 8.79. The predicted molar refractivity (Wildman–Crippen MR) is 163 cm³/mol. The molecule has 0 radical (unpaired) electrons. The van der Waals surface area contributed by atoms with E-state index in [0.29, 0.717) is 43.5 Å². The fraction of sp³-hybridized carbons (Fsp3) is 0.759. The Morgan fingerprint density at radius 1 is 1.05 bits per heavy atom. The van der Waals surface area contributed by atoms with Crippen LogP contribution in [0.15, 0.2) is 18.2 Å². The minimum atomic E-state index is -3.17. The maximum atomic E-state index is 12.5. The van der Waals surface area contributed by atoms with Crippen LogP contribution in [0.4, 0.5) is 0 Å². The maximum absolute atomic E-state index is 12.5. The lowest BCUT2D eigenvalue weighted by atomic mass is 9.82. The first-order chi connectivity index (χ1) is 18.4. The van der Waals surface area contributed by atoms with Gasteiger partial charge in [-0.2, -0.15) is 0 Å². The number of amides is 1. The number of hydrogen-bond acceptors (Lipinski definition) is 8. The quantitative estimate of drug-likeness (QED) is 0.179. The maximum Gasteiger partial charge on any atom is 0.222 e. The molecule has 0 spiro atoms. The molecule has 234 valence electrons. The van der Waals surface area contributed by atoms with Crippen molar-refractivity contribution >= 4 is 28.2 Å². The zero-order valence-electron chi connectivity index (χ0n) is 25.2. The zero-order chi connectivity index (χ0) is 29.4. The van der Waals surface area contributed by atoms with Crippen molar-refractivity contribution in [2.24, 2.45) is 23.5 Å². The number of benzene rings is 1. The van der Waals surface area contributed by atoms with Crippen molar-refractivity contribution in [3.63, 3.8) is 0 Å². The van der Waals surface area contributed by atoms with Crippen molar-refractivity contribution in [3.05, 3.63) is 23.8 Å². The van der Waals surface area contributed by atoms with Gasteiger partial charge in [0, 0.05) is 38.6 Å². The lowest BCUT2D eigenvalue weighted by Crippen LogP contribution is -2.41. The van der Waals surface area contributed by atoms with E-state index in [4.69, 9.17) is 19.9 Å². The highest BCUT2D eigenvalue weighted by Crippen LogP contribution is 2.31. The molecule has 0 fully saturated rings. The second-order valence-electron chi connectivity index (χ2n) is 10.8. The molecule has 1 amide bonds. The molecule has 0 saturated carbocycles. The molecule has 0 bridgehead atoms. The first-order valence-electron chi connectivity index (χ1n) is 14.1. The molecule has 1 aromatic rings. The SMILES string of the molecule is CCCCS(=O)(=O)CCNC(=O)[C@H](C)C[C@H](O)[C@@H](N)C[C@H](Cc1ccc(OC)c(OCCCOC)c1)C(C)C.Cl. The molecule has 4 N–H and O–H groups in total. The smallest absolute Gasteiger partial charge is 0.222 e. The van der Waals surface area contributed by atoms with Gasteiger partial charge in [-0.15, -0.1) is 12.4 Å². The number of unbranched alkanes of at least 4 members (excludes halogenated alkanes) is 1. The normalized spacial score (nSPS) is 14.6. The van der Waals surface area contributed by atoms with Gasteiger partial charge in [0.25, 0.3) is 0 Å². The Kier molecular flexibility index (Phi) is 19.5. The van der Waals surface area contributed by atoms with Gasteiger partial charge in [-0.25, -0.2) is 8.42 Å². The summed E-state index contributed by atoms with van der Waals surface area (Å²) in [5, 5.41) is 13.5. The molecular weight excluding hydrogens is 556 g/mol. The van der Waals surface area contributed by atoms with E-state index in [0.717, 1.165) is 24.8 Å². The van der Waals surface area contributed by atoms with E-state index >= 15 is 0 Å². The molecule has 0 heterocycles. The molecule has 0 unspecified atom stereocenters. The van der Waals surface area contributed by atoms with Crippen molar-refractivity contribution < 1.29 is 32.5 Å². The summed E-state index contributed by atoms with van der Waals surface area (Å²) in [7, 11) is 0.111. The van der Waals surface area contributed by atoms with Gasteiger partial charge in [-0.3, -0.25) is 4.79 Å². The summed E-state index contributed by atoms with van der Waals surface area (Å²) in [6.45, 7) is 9.17. The summed E-state index contributed by atoms with van der Waals surface area (Å²) in [6.07, 6.45) is 2.93. The summed E-state index contributed by atoms with van der Waals surface area (Å²) in [4.78, 5) is 12.5. The number of hydrogen-bond donors (Lipinski definition) is 3. The van der Waals surface area contributed by atoms with Crippen LogP contribution in [0.25, 0.3) is 0 Å².